The minimum absolute atomic E-state index is 0.218. The van der Waals surface area contributed by atoms with Gasteiger partial charge >= 0.3 is 6.09 Å². The highest BCUT2D eigenvalue weighted by molar-refractivity contribution is 7.18. The Labute approximate surface area is 144 Å². The fourth-order valence-electron chi connectivity index (χ4n) is 2.72. The Balaban J connectivity index is 1.65. The van der Waals surface area contributed by atoms with Crippen LogP contribution in [0.1, 0.15) is 44.4 Å². The fraction of sp³-hybridized carbons (Fsp3) is 0.562. The number of thiophene rings is 1. The van der Waals surface area contributed by atoms with Crippen molar-refractivity contribution in [1.29, 1.82) is 0 Å². The predicted octanol–water partition coefficient (Wildman–Crippen LogP) is 4.46. The quantitative estimate of drug-likeness (QED) is 0.759. The van der Waals surface area contributed by atoms with E-state index in [1.807, 2.05) is 26.8 Å². The normalized spacial score (nSPS) is 16.8. The number of rotatable bonds is 1. The molecule has 1 amide bonds. The molecule has 124 valence electrons. The lowest BCUT2D eigenvalue weighted by Crippen LogP contribution is -2.41. The van der Waals surface area contributed by atoms with Crippen molar-refractivity contribution in [3.8, 4) is 0 Å². The van der Waals surface area contributed by atoms with Crippen molar-refractivity contribution in [2.75, 3.05) is 13.1 Å². The Bertz CT molecular complexity index is 718. The molecule has 3 rings (SSSR count). The summed E-state index contributed by atoms with van der Waals surface area (Å²) in [5.41, 5.74) is -0.447. The van der Waals surface area contributed by atoms with Crippen LogP contribution in [0.15, 0.2) is 12.1 Å². The first-order valence-electron chi connectivity index (χ1n) is 7.72. The number of aromatic nitrogens is 2. The van der Waals surface area contributed by atoms with Crippen LogP contribution in [0.25, 0.3) is 10.2 Å². The Morgan fingerprint density at radius 2 is 2.00 bits per heavy atom. The number of likely N-dealkylation sites (tertiary alicyclic amines) is 1. The number of piperidine rings is 1. The molecule has 2 aromatic heterocycles. The summed E-state index contributed by atoms with van der Waals surface area (Å²) in [6.45, 7) is 7.11. The number of halogens is 1. The van der Waals surface area contributed by atoms with Crippen LogP contribution >= 0.6 is 22.9 Å². The third-order valence-corrected chi connectivity index (χ3v) is 5.20. The minimum Gasteiger partial charge on any atom is -0.444 e. The second-order valence-corrected chi connectivity index (χ2v) is 8.27. The van der Waals surface area contributed by atoms with Gasteiger partial charge in [-0.25, -0.2) is 4.79 Å². The maximum absolute atomic E-state index is 12.1. The van der Waals surface area contributed by atoms with Crippen molar-refractivity contribution in [1.82, 2.24) is 15.1 Å². The molecule has 0 saturated carbocycles. The summed E-state index contributed by atoms with van der Waals surface area (Å²) in [4.78, 5) is 16.1. The van der Waals surface area contributed by atoms with E-state index < -0.39 is 5.60 Å². The van der Waals surface area contributed by atoms with E-state index in [1.165, 1.54) is 4.88 Å². The molecule has 0 aliphatic carbocycles. The monoisotopic (exact) mass is 353 g/mol. The SMILES string of the molecule is CC(C)(C)OC(=O)N1CCC(c2cc3cc(Cl)nnc3s2)CC1. The lowest BCUT2D eigenvalue weighted by atomic mass is 9.95. The van der Waals surface area contributed by atoms with Crippen LogP contribution in [-0.4, -0.2) is 39.9 Å². The third kappa shape index (κ3) is 3.93. The van der Waals surface area contributed by atoms with Crippen molar-refractivity contribution in [3.05, 3.63) is 22.2 Å². The Kier molecular flexibility index (Phi) is 4.47. The van der Waals surface area contributed by atoms with Gasteiger partial charge in [-0.3, -0.25) is 0 Å². The first-order valence-corrected chi connectivity index (χ1v) is 8.92. The molecule has 1 fully saturated rings. The largest absolute Gasteiger partial charge is 0.444 e. The molecule has 0 spiro atoms. The number of carbonyl (C=O) groups is 1. The van der Waals surface area contributed by atoms with Crippen molar-refractivity contribution < 1.29 is 9.53 Å². The highest BCUT2D eigenvalue weighted by atomic mass is 35.5. The van der Waals surface area contributed by atoms with Gasteiger partial charge in [-0.1, -0.05) is 11.6 Å². The Hall–Kier alpha value is -1.40. The molecule has 0 atom stereocenters. The molecule has 1 aliphatic heterocycles. The van der Waals surface area contributed by atoms with Gasteiger partial charge in [-0.15, -0.1) is 21.5 Å². The molecule has 1 saturated heterocycles. The van der Waals surface area contributed by atoms with E-state index in [-0.39, 0.29) is 6.09 Å². The first kappa shape index (κ1) is 16.5. The zero-order chi connectivity index (χ0) is 16.6. The lowest BCUT2D eigenvalue weighted by molar-refractivity contribution is 0.0205. The summed E-state index contributed by atoms with van der Waals surface area (Å²) in [7, 11) is 0. The van der Waals surface area contributed by atoms with Crippen LogP contribution in [0, 0.1) is 0 Å². The second kappa shape index (κ2) is 6.24. The third-order valence-electron chi connectivity index (χ3n) is 3.82. The van der Waals surface area contributed by atoms with Crippen LogP contribution in [0.5, 0.6) is 0 Å². The van der Waals surface area contributed by atoms with E-state index in [2.05, 4.69) is 16.3 Å². The standard InChI is InChI=1S/C16H20ClN3O2S/c1-16(2,3)22-15(21)20-6-4-10(5-7-20)12-8-11-9-13(17)18-19-14(11)23-12/h8-10H,4-7H2,1-3H3. The van der Waals surface area contributed by atoms with Gasteiger partial charge in [-0.05, 0) is 51.7 Å². The molecule has 5 nitrogen and oxygen atoms in total. The van der Waals surface area contributed by atoms with Crippen molar-refractivity contribution >= 4 is 39.2 Å². The smallest absolute Gasteiger partial charge is 0.410 e. The summed E-state index contributed by atoms with van der Waals surface area (Å²) < 4.78 is 5.44. The van der Waals surface area contributed by atoms with Crippen LogP contribution in [0.4, 0.5) is 4.79 Å². The minimum atomic E-state index is -0.447. The zero-order valence-electron chi connectivity index (χ0n) is 13.5. The van der Waals surface area contributed by atoms with Gasteiger partial charge in [0.1, 0.15) is 10.4 Å². The van der Waals surface area contributed by atoms with Gasteiger partial charge in [0.25, 0.3) is 0 Å². The van der Waals surface area contributed by atoms with Gasteiger partial charge in [0.05, 0.1) is 0 Å². The number of fused-ring (bicyclic) bond motifs is 1. The van der Waals surface area contributed by atoms with Gasteiger partial charge in [-0.2, -0.15) is 0 Å². The van der Waals surface area contributed by atoms with Crippen molar-refractivity contribution in [2.24, 2.45) is 0 Å². The maximum Gasteiger partial charge on any atom is 0.410 e. The topological polar surface area (TPSA) is 55.3 Å². The van der Waals surface area contributed by atoms with Crippen LogP contribution < -0.4 is 0 Å². The molecular formula is C16H20ClN3O2S. The van der Waals surface area contributed by atoms with E-state index in [9.17, 15) is 4.79 Å². The summed E-state index contributed by atoms with van der Waals surface area (Å²) in [5, 5.41) is 9.48. The van der Waals surface area contributed by atoms with E-state index in [0.29, 0.717) is 11.1 Å². The highest BCUT2D eigenvalue weighted by Crippen LogP contribution is 2.36. The Morgan fingerprint density at radius 1 is 1.30 bits per heavy atom. The molecule has 0 radical (unpaired) electrons. The predicted molar refractivity (Wildman–Crippen MR) is 92.2 cm³/mol. The first-order chi connectivity index (χ1) is 10.8. The second-order valence-electron chi connectivity index (χ2n) is 6.82. The molecule has 23 heavy (non-hydrogen) atoms. The average Bonchev–Trinajstić information content (AvgIpc) is 2.88. The lowest BCUT2D eigenvalue weighted by Gasteiger charge is -2.33. The number of nitrogens with zero attached hydrogens (tertiary/aromatic N) is 3. The van der Waals surface area contributed by atoms with Gasteiger partial charge < -0.3 is 9.64 Å². The molecule has 7 heteroatoms. The number of hydrogen-bond donors (Lipinski definition) is 0. The van der Waals surface area contributed by atoms with E-state index in [0.717, 1.165) is 36.1 Å². The molecule has 0 bridgehead atoms. The van der Waals surface area contributed by atoms with E-state index in [4.69, 9.17) is 16.3 Å². The van der Waals surface area contributed by atoms with Crippen molar-refractivity contribution in [3.63, 3.8) is 0 Å². The Morgan fingerprint density at radius 3 is 2.65 bits per heavy atom. The summed E-state index contributed by atoms with van der Waals surface area (Å²) in [6, 6.07) is 3.99. The molecule has 0 aromatic carbocycles. The zero-order valence-corrected chi connectivity index (χ0v) is 15.1. The number of ether oxygens (including phenoxy) is 1. The van der Waals surface area contributed by atoms with Crippen LogP contribution in [0.2, 0.25) is 5.15 Å². The molecule has 0 unspecified atom stereocenters. The highest BCUT2D eigenvalue weighted by Gasteiger charge is 2.28. The van der Waals surface area contributed by atoms with E-state index in [1.54, 1.807) is 16.2 Å². The van der Waals surface area contributed by atoms with Gasteiger partial charge in [0.15, 0.2) is 5.15 Å². The maximum atomic E-state index is 12.1. The van der Waals surface area contributed by atoms with E-state index >= 15 is 0 Å². The van der Waals surface area contributed by atoms with Gasteiger partial charge in [0.2, 0.25) is 0 Å². The molecule has 3 heterocycles. The van der Waals surface area contributed by atoms with Crippen LogP contribution in [-0.2, 0) is 4.74 Å². The van der Waals surface area contributed by atoms with Crippen LogP contribution in [0.3, 0.4) is 0 Å². The molecule has 1 aliphatic rings. The fourth-order valence-corrected chi connectivity index (χ4v) is 4.01. The van der Waals surface area contributed by atoms with Crippen molar-refractivity contribution in [2.45, 2.75) is 45.1 Å². The number of amides is 1. The molecular weight excluding hydrogens is 334 g/mol. The summed E-state index contributed by atoms with van der Waals surface area (Å²) in [5.74, 6) is 0.451. The number of carbonyl (C=O) groups excluding carboxylic acids is 1. The molecule has 0 N–H and O–H groups in total. The molecule has 2 aromatic rings. The average molecular weight is 354 g/mol. The number of hydrogen-bond acceptors (Lipinski definition) is 5. The summed E-state index contributed by atoms with van der Waals surface area (Å²) >= 11 is 7.56. The van der Waals surface area contributed by atoms with Gasteiger partial charge in [0, 0.05) is 23.4 Å². The summed E-state index contributed by atoms with van der Waals surface area (Å²) in [6.07, 6.45) is 1.66.